The Kier molecular flexibility index (Phi) is 3.66. The standard InChI is InChI=1S/C12H19NO4/c14-10(12(11(15)16)5-3-6-12)13-8-9-4-1-2-7-17-9/h9H,1-8H2,(H,13,14)(H,15,16). The van der Waals surface area contributed by atoms with E-state index in [1.54, 1.807) is 0 Å². The van der Waals surface area contributed by atoms with Crippen molar-refractivity contribution in [3.05, 3.63) is 0 Å². The molecule has 1 aliphatic carbocycles. The molecule has 96 valence electrons. The first-order chi connectivity index (χ1) is 8.15. The third-order valence-corrected chi connectivity index (χ3v) is 3.82. The Hall–Kier alpha value is -1.10. The van der Waals surface area contributed by atoms with Crippen LogP contribution in [-0.4, -0.2) is 36.2 Å². The van der Waals surface area contributed by atoms with Crippen molar-refractivity contribution in [1.29, 1.82) is 0 Å². The summed E-state index contributed by atoms with van der Waals surface area (Å²) >= 11 is 0. The van der Waals surface area contributed by atoms with Crippen LogP contribution in [0.2, 0.25) is 0 Å². The van der Waals surface area contributed by atoms with Gasteiger partial charge in [0.25, 0.3) is 0 Å². The molecule has 2 aliphatic rings. The molecule has 0 aromatic rings. The monoisotopic (exact) mass is 241 g/mol. The molecule has 1 saturated carbocycles. The molecule has 2 fully saturated rings. The summed E-state index contributed by atoms with van der Waals surface area (Å²) in [5, 5.41) is 11.8. The number of hydrogen-bond acceptors (Lipinski definition) is 3. The topological polar surface area (TPSA) is 75.6 Å². The van der Waals surface area contributed by atoms with Crippen molar-refractivity contribution in [1.82, 2.24) is 5.32 Å². The lowest BCUT2D eigenvalue weighted by molar-refractivity contribution is -0.162. The maximum atomic E-state index is 11.9. The van der Waals surface area contributed by atoms with Gasteiger partial charge in [0.05, 0.1) is 6.10 Å². The van der Waals surface area contributed by atoms with Crippen LogP contribution < -0.4 is 5.32 Å². The van der Waals surface area contributed by atoms with E-state index in [1.807, 2.05) is 0 Å². The predicted molar refractivity (Wildman–Crippen MR) is 60.5 cm³/mol. The number of carbonyl (C=O) groups excluding carboxylic acids is 1. The molecule has 0 aromatic heterocycles. The number of nitrogens with one attached hydrogen (secondary N) is 1. The lowest BCUT2D eigenvalue weighted by atomic mass is 9.68. The van der Waals surface area contributed by atoms with Crippen LogP contribution in [0.4, 0.5) is 0 Å². The molecule has 2 N–H and O–H groups in total. The van der Waals surface area contributed by atoms with Gasteiger partial charge >= 0.3 is 5.97 Å². The molecule has 1 atom stereocenters. The Labute approximate surface area is 101 Å². The number of aliphatic carboxylic acids is 1. The number of rotatable bonds is 4. The fourth-order valence-corrected chi connectivity index (χ4v) is 2.41. The summed E-state index contributed by atoms with van der Waals surface area (Å²) in [6.07, 6.45) is 4.92. The molecule has 0 bridgehead atoms. The minimum absolute atomic E-state index is 0.0543. The van der Waals surface area contributed by atoms with Crippen LogP contribution >= 0.6 is 0 Å². The second kappa shape index (κ2) is 5.04. The summed E-state index contributed by atoms with van der Waals surface area (Å²) < 4.78 is 5.49. The maximum absolute atomic E-state index is 11.9. The quantitative estimate of drug-likeness (QED) is 0.718. The number of hydrogen-bond donors (Lipinski definition) is 2. The number of carboxylic acids is 1. The Bertz CT molecular complexity index is 306. The third kappa shape index (κ3) is 2.44. The molecule has 17 heavy (non-hydrogen) atoms. The first kappa shape index (κ1) is 12.4. The van der Waals surface area contributed by atoms with Crippen molar-refractivity contribution in [3.63, 3.8) is 0 Å². The van der Waals surface area contributed by atoms with E-state index < -0.39 is 11.4 Å². The van der Waals surface area contributed by atoms with Crippen molar-refractivity contribution in [2.45, 2.75) is 44.6 Å². The zero-order valence-electron chi connectivity index (χ0n) is 9.91. The molecule has 2 rings (SSSR count). The zero-order chi connectivity index (χ0) is 12.3. The van der Waals surface area contributed by atoms with Gasteiger partial charge in [-0.2, -0.15) is 0 Å². The smallest absolute Gasteiger partial charge is 0.319 e. The van der Waals surface area contributed by atoms with Crippen molar-refractivity contribution < 1.29 is 19.4 Å². The molecule has 5 nitrogen and oxygen atoms in total. The predicted octanol–water partition coefficient (Wildman–Crippen LogP) is 0.927. The van der Waals surface area contributed by atoms with Crippen LogP contribution in [0.3, 0.4) is 0 Å². The van der Waals surface area contributed by atoms with E-state index in [-0.39, 0.29) is 12.0 Å². The van der Waals surface area contributed by atoms with Gasteiger partial charge in [-0.3, -0.25) is 9.59 Å². The van der Waals surface area contributed by atoms with Gasteiger partial charge in [-0.1, -0.05) is 6.42 Å². The molecule has 5 heteroatoms. The third-order valence-electron chi connectivity index (χ3n) is 3.82. The van der Waals surface area contributed by atoms with Crippen molar-refractivity contribution in [3.8, 4) is 0 Å². The first-order valence-corrected chi connectivity index (χ1v) is 6.28. The Morgan fingerprint density at radius 1 is 1.29 bits per heavy atom. The lowest BCUT2D eigenvalue weighted by Gasteiger charge is -2.36. The first-order valence-electron chi connectivity index (χ1n) is 6.28. The van der Waals surface area contributed by atoms with Crippen LogP contribution in [-0.2, 0) is 14.3 Å². The van der Waals surface area contributed by atoms with Crippen molar-refractivity contribution in [2.24, 2.45) is 5.41 Å². The van der Waals surface area contributed by atoms with Crippen LogP contribution in [0.25, 0.3) is 0 Å². The van der Waals surface area contributed by atoms with Gasteiger partial charge in [0.2, 0.25) is 5.91 Å². The minimum Gasteiger partial charge on any atom is -0.480 e. The van der Waals surface area contributed by atoms with Crippen LogP contribution in [0.1, 0.15) is 38.5 Å². The SMILES string of the molecule is O=C(O)C1(C(=O)NCC2CCCCO2)CCC1. The van der Waals surface area contributed by atoms with Gasteiger partial charge in [-0.15, -0.1) is 0 Å². The molecule has 0 aromatic carbocycles. The number of ether oxygens (including phenoxy) is 1. The highest BCUT2D eigenvalue weighted by Gasteiger charge is 2.51. The minimum atomic E-state index is -1.16. The summed E-state index contributed by atoms with van der Waals surface area (Å²) in [7, 11) is 0. The number of amides is 1. The molecule has 1 unspecified atom stereocenters. The molecule has 1 aliphatic heterocycles. The summed E-state index contributed by atoms with van der Waals surface area (Å²) in [4.78, 5) is 23.0. The molecule has 0 radical (unpaired) electrons. The maximum Gasteiger partial charge on any atom is 0.319 e. The Balaban J connectivity index is 1.82. The fraction of sp³-hybridized carbons (Fsp3) is 0.833. The number of carboxylic acid groups (broad SMARTS) is 1. The van der Waals surface area contributed by atoms with Gasteiger partial charge < -0.3 is 15.2 Å². The second-order valence-electron chi connectivity index (χ2n) is 4.94. The summed E-state index contributed by atoms with van der Waals surface area (Å²) in [6, 6.07) is 0. The zero-order valence-corrected chi connectivity index (χ0v) is 9.91. The van der Waals surface area contributed by atoms with E-state index in [9.17, 15) is 9.59 Å². The Morgan fingerprint density at radius 2 is 2.06 bits per heavy atom. The second-order valence-corrected chi connectivity index (χ2v) is 4.94. The molecule has 0 spiro atoms. The van der Waals surface area contributed by atoms with E-state index in [2.05, 4.69) is 5.32 Å². The highest BCUT2D eigenvalue weighted by Crippen LogP contribution is 2.41. The van der Waals surface area contributed by atoms with Crippen LogP contribution in [0.15, 0.2) is 0 Å². The van der Waals surface area contributed by atoms with E-state index in [4.69, 9.17) is 9.84 Å². The van der Waals surface area contributed by atoms with Gasteiger partial charge in [0.15, 0.2) is 0 Å². The van der Waals surface area contributed by atoms with Crippen molar-refractivity contribution >= 4 is 11.9 Å². The molecular formula is C12H19NO4. The summed E-state index contributed by atoms with van der Waals surface area (Å²) in [6.45, 7) is 1.18. The van der Waals surface area contributed by atoms with E-state index in [0.717, 1.165) is 32.3 Å². The normalized spacial score (nSPS) is 26.9. The van der Waals surface area contributed by atoms with Gasteiger partial charge in [-0.05, 0) is 32.1 Å². The average Bonchev–Trinajstić information content (AvgIpc) is 2.25. The van der Waals surface area contributed by atoms with E-state index in [1.165, 1.54) is 0 Å². The van der Waals surface area contributed by atoms with E-state index in [0.29, 0.717) is 19.4 Å². The Morgan fingerprint density at radius 3 is 2.53 bits per heavy atom. The van der Waals surface area contributed by atoms with Gasteiger partial charge in [0, 0.05) is 13.2 Å². The van der Waals surface area contributed by atoms with Crippen molar-refractivity contribution in [2.75, 3.05) is 13.2 Å². The average molecular weight is 241 g/mol. The molecular weight excluding hydrogens is 222 g/mol. The van der Waals surface area contributed by atoms with Crippen LogP contribution in [0.5, 0.6) is 0 Å². The van der Waals surface area contributed by atoms with Gasteiger partial charge in [-0.25, -0.2) is 0 Å². The van der Waals surface area contributed by atoms with Crippen LogP contribution in [0, 0.1) is 5.41 Å². The highest BCUT2D eigenvalue weighted by atomic mass is 16.5. The largest absolute Gasteiger partial charge is 0.480 e. The highest BCUT2D eigenvalue weighted by molar-refractivity contribution is 6.02. The number of carbonyl (C=O) groups is 2. The molecule has 1 heterocycles. The molecule has 1 saturated heterocycles. The lowest BCUT2D eigenvalue weighted by Crippen LogP contribution is -2.52. The summed E-state index contributed by atoms with van der Waals surface area (Å²) in [5.41, 5.74) is -1.16. The summed E-state index contributed by atoms with van der Waals surface area (Å²) in [5.74, 6) is -1.34. The fourth-order valence-electron chi connectivity index (χ4n) is 2.41. The van der Waals surface area contributed by atoms with Gasteiger partial charge in [0.1, 0.15) is 5.41 Å². The molecule has 1 amide bonds. The van der Waals surface area contributed by atoms with E-state index >= 15 is 0 Å².